The van der Waals surface area contributed by atoms with Gasteiger partial charge in [-0.1, -0.05) is 0 Å². The van der Waals surface area contributed by atoms with Gasteiger partial charge in [-0.25, -0.2) is 0 Å². The number of rotatable bonds is 1. The van der Waals surface area contributed by atoms with Crippen molar-refractivity contribution in [3.63, 3.8) is 0 Å². The highest BCUT2D eigenvalue weighted by molar-refractivity contribution is 6.68. The van der Waals surface area contributed by atoms with E-state index in [1.165, 1.54) is 12.4 Å². The second-order valence-electron chi connectivity index (χ2n) is 2.04. The molecule has 12 heavy (non-hydrogen) atoms. The molecule has 60 valence electrons. The van der Waals surface area contributed by atoms with E-state index in [4.69, 9.17) is 22.6 Å². The molecule has 1 heterocycles. The van der Waals surface area contributed by atoms with Crippen LogP contribution in [0.15, 0.2) is 12.4 Å². The van der Waals surface area contributed by atoms with Gasteiger partial charge < -0.3 is 5.73 Å². The maximum Gasteiger partial charge on any atom is 0.255 e. The molecule has 0 aromatic carbocycles. The van der Waals surface area contributed by atoms with Gasteiger partial charge in [0.1, 0.15) is 6.07 Å². The fourth-order valence-corrected chi connectivity index (χ4v) is 0.992. The number of hydrogen-bond donors (Lipinski definition) is 1. The second-order valence-corrected chi connectivity index (χ2v) is 2.38. The maximum atomic E-state index is 10.8. The van der Waals surface area contributed by atoms with Gasteiger partial charge in [0.15, 0.2) is 0 Å². The molecule has 1 aromatic heterocycles. The quantitative estimate of drug-likeness (QED) is 0.654. The molecule has 0 fully saturated rings. The summed E-state index contributed by atoms with van der Waals surface area (Å²) in [6, 6.07) is 1.77. The van der Waals surface area contributed by atoms with Crippen LogP contribution in [0.5, 0.6) is 0 Å². The molecule has 0 aliphatic heterocycles. The fraction of sp³-hybridized carbons (Fsp3) is 0. The van der Waals surface area contributed by atoms with Gasteiger partial charge in [0, 0.05) is 6.20 Å². The zero-order valence-corrected chi connectivity index (χ0v) is 6.67. The summed E-state index contributed by atoms with van der Waals surface area (Å²) < 4.78 is 0. The van der Waals surface area contributed by atoms with Gasteiger partial charge in [-0.05, 0) is 11.6 Å². The summed E-state index contributed by atoms with van der Waals surface area (Å²) in [5, 5.41) is 7.79. The van der Waals surface area contributed by atoms with Crippen molar-refractivity contribution in [3.8, 4) is 6.07 Å². The smallest absolute Gasteiger partial charge is 0.255 e. The summed E-state index contributed by atoms with van der Waals surface area (Å²) in [4.78, 5) is 14.4. The predicted octanol–water partition coefficient (Wildman–Crippen LogP) is 0.914. The van der Waals surface area contributed by atoms with Crippen LogP contribution in [0.1, 0.15) is 15.9 Å². The van der Waals surface area contributed by atoms with Crippen LogP contribution in [0.2, 0.25) is 0 Å². The Labute approximate surface area is 73.6 Å². The lowest BCUT2D eigenvalue weighted by Crippen LogP contribution is -2.01. The highest BCUT2D eigenvalue weighted by Crippen LogP contribution is 2.16. The van der Waals surface area contributed by atoms with Gasteiger partial charge in [-0.15, -0.1) is 0 Å². The van der Waals surface area contributed by atoms with Gasteiger partial charge in [0.25, 0.3) is 5.24 Å². The number of anilines is 1. The minimum absolute atomic E-state index is 0.0224. The van der Waals surface area contributed by atoms with Crippen molar-refractivity contribution in [3.05, 3.63) is 23.5 Å². The molecule has 0 bridgehead atoms. The minimum atomic E-state index is -0.744. The van der Waals surface area contributed by atoms with Gasteiger partial charge in [0.2, 0.25) is 0 Å². The molecule has 0 saturated carbocycles. The Balaban J connectivity index is 3.42. The van der Waals surface area contributed by atoms with E-state index in [2.05, 4.69) is 4.98 Å². The third kappa shape index (κ3) is 1.36. The highest BCUT2D eigenvalue weighted by Gasteiger charge is 2.12. The standard InChI is InChI=1S/C7H4ClN3O/c8-7(12)6-4(1-9)2-11-3-5(6)10/h2-3H,10H2. The average Bonchev–Trinajstić information content (AvgIpc) is 2.03. The number of nitriles is 1. The van der Waals surface area contributed by atoms with Crippen molar-refractivity contribution in [1.82, 2.24) is 4.98 Å². The molecule has 2 N–H and O–H groups in total. The van der Waals surface area contributed by atoms with Crippen LogP contribution in [0.25, 0.3) is 0 Å². The monoisotopic (exact) mass is 181 g/mol. The van der Waals surface area contributed by atoms with Gasteiger partial charge in [0.05, 0.1) is 23.0 Å². The Morgan fingerprint density at radius 2 is 2.33 bits per heavy atom. The zero-order chi connectivity index (χ0) is 9.14. The van der Waals surface area contributed by atoms with Crippen LogP contribution in [0.4, 0.5) is 5.69 Å². The Morgan fingerprint density at radius 1 is 1.67 bits per heavy atom. The first-order valence-electron chi connectivity index (χ1n) is 3.00. The number of nitrogens with two attached hydrogens (primary N) is 1. The lowest BCUT2D eigenvalue weighted by molar-refractivity contribution is 0.108. The molecular weight excluding hydrogens is 178 g/mol. The van der Waals surface area contributed by atoms with E-state index in [1.807, 2.05) is 0 Å². The van der Waals surface area contributed by atoms with E-state index >= 15 is 0 Å². The topological polar surface area (TPSA) is 79.8 Å². The number of nitrogens with zero attached hydrogens (tertiary/aromatic N) is 2. The SMILES string of the molecule is N#Cc1cncc(N)c1C(=O)Cl. The van der Waals surface area contributed by atoms with Crippen molar-refractivity contribution in [2.24, 2.45) is 0 Å². The zero-order valence-electron chi connectivity index (χ0n) is 5.91. The molecule has 0 saturated heterocycles. The molecule has 1 rings (SSSR count). The van der Waals surface area contributed by atoms with Crippen molar-refractivity contribution in [2.75, 3.05) is 5.73 Å². The molecule has 5 heteroatoms. The van der Waals surface area contributed by atoms with Crippen LogP contribution in [-0.4, -0.2) is 10.2 Å². The van der Waals surface area contributed by atoms with Gasteiger partial charge in [-0.2, -0.15) is 5.26 Å². The molecule has 0 spiro atoms. The third-order valence-corrected chi connectivity index (χ3v) is 1.48. The van der Waals surface area contributed by atoms with E-state index in [0.717, 1.165) is 0 Å². The number of aromatic nitrogens is 1. The fourth-order valence-electron chi connectivity index (χ4n) is 0.781. The normalized spacial score (nSPS) is 9.00. The van der Waals surface area contributed by atoms with Crippen LogP contribution < -0.4 is 5.73 Å². The number of pyridine rings is 1. The van der Waals surface area contributed by atoms with Gasteiger partial charge >= 0.3 is 0 Å². The van der Waals surface area contributed by atoms with Gasteiger partial charge in [-0.3, -0.25) is 9.78 Å². The molecule has 0 radical (unpaired) electrons. The first-order chi connectivity index (χ1) is 5.66. The number of nitrogen functional groups attached to an aromatic ring is 1. The summed E-state index contributed by atoms with van der Waals surface area (Å²) >= 11 is 5.19. The number of carbonyl (C=O) groups excluding carboxylic acids is 1. The molecule has 0 atom stereocenters. The molecule has 0 unspecified atom stereocenters. The number of halogens is 1. The second kappa shape index (κ2) is 3.20. The van der Waals surface area contributed by atoms with Crippen molar-refractivity contribution in [2.45, 2.75) is 0 Å². The average molecular weight is 182 g/mol. The first-order valence-corrected chi connectivity index (χ1v) is 3.38. The minimum Gasteiger partial charge on any atom is -0.397 e. The number of hydrogen-bond acceptors (Lipinski definition) is 4. The molecule has 4 nitrogen and oxygen atoms in total. The lowest BCUT2D eigenvalue weighted by atomic mass is 10.1. The van der Waals surface area contributed by atoms with Crippen LogP contribution in [0, 0.1) is 11.3 Å². The lowest BCUT2D eigenvalue weighted by Gasteiger charge is -1.99. The van der Waals surface area contributed by atoms with Crippen LogP contribution in [0.3, 0.4) is 0 Å². The third-order valence-electron chi connectivity index (χ3n) is 1.29. The molecule has 1 aromatic rings. The highest BCUT2D eigenvalue weighted by atomic mass is 35.5. The summed E-state index contributed by atoms with van der Waals surface area (Å²) in [5.74, 6) is 0. The van der Waals surface area contributed by atoms with Crippen LogP contribution >= 0.6 is 11.6 Å². The molecule has 0 aliphatic rings. The van der Waals surface area contributed by atoms with E-state index < -0.39 is 5.24 Å². The summed E-state index contributed by atoms with van der Waals surface area (Å²) in [5.41, 5.74) is 5.61. The van der Waals surface area contributed by atoms with E-state index in [0.29, 0.717) is 0 Å². The maximum absolute atomic E-state index is 10.8. The Hall–Kier alpha value is -1.60. The van der Waals surface area contributed by atoms with Crippen LogP contribution in [-0.2, 0) is 0 Å². The summed E-state index contributed by atoms with van der Waals surface area (Å²) in [6.45, 7) is 0. The number of carbonyl (C=O) groups is 1. The van der Waals surface area contributed by atoms with E-state index in [-0.39, 0.29) is 16.8 Å². The molecule has 0 amide bonds. The van der Waals surface area contributed by atoms with E-state index in [1.54, 1.807) is 6.07 Å². The predicted molar refractivity (Wildman–Crippen MR) is 43.5 cm³/mol. The Morgan fingerprint density at radius 3 is 2.75 bits per heavy atom. The molecular formula is C7H4ClN3O. The Kier molecular flexibility index (Phi) is 2.26. The van der Waals surface area contributed by atoms with Crippen molar-refractivity contribution < 1.29 is 4.79 Å². The first kappa shape index (κ1) is 8.50. The Bertz CT molecular complexity index is 369. The molecule has 0 aliphatic carbocycles. The van der Waals surface area contributed by atoms with E-state index in [9.17, 15) is 4.79 Å². The summed E-state index contributed by atoms with van der Waals surface area (Å²) in [7, 11) is 0. The van der Waals surface area contributed by atoms with Crippen molar-refractivity contribution >= 4 is 22.5 Å². The van der Waals surface area contributed by atoms with Crippen molar-refractivity contribution in [1.29, 1.82) is 5.26 Å². The largest absolute Gasteiger partial charge is 0.397 e. The summed E-state index contributed by atoms with van der Waals surface area (Å²) in [6.07, 6.45) is 2.52.